The smallest absolute Gasteiger partial charge is 0.389 e. The molecule has 0 spiro atoms. The zero-order valence-corrected chi connectivity index (χ0v) is 12.9. The molecule has 1 aromatic carbocycles. The van der Waals surface area contributed by atoms with Crippen LogP contribution in [0, 0.1) is 5.92 Å². The first-order valence-electron chi connectivity index (χ1n) is 7.37. The summed E-state index contributed by atoms with van der Waals surface area (Å²) in [6, 6.07) is 6.84. The Morgan fingerprint density at radius 2 is 1.86 bits per heavy atom. The summed E-state index contributed by atoms with van der Waals surface area (Å²) in [7, 11) is 1.55. The second-order valence-corrected chi connectivity index (χ2v) is 5.21. The Balaban J connectivity index is 2.55. The quantitative estimate of drug-likeness (QED) is 0.749. The van der Waals surface area contributed by atoms with Gasteiger partial charge in [-0.2, -0.15) is 13.2 Å². The Bertz CT molecular complexity index is 457. The van der Waals surface area contributed by atoms with E-state index in [4.69, 9.17) is 4.74 Å². The Labute approximate surface area is 128 Å². The number of rotatable bonds is 8. The Morgan fingerprint density at radius 3 is 2.36 bits per heavy atom. The monoisotopic (exact) mass is 317 g/mol. The number of carbonyl (C=O) groups excluding carboxylic acids is 1. The van der Waals surface area contributed by atoms with Crippen molar-refractivity contribution in [2.24, 2.45) is 5.92 Å². The molecular formula is C16H22F3NO2. The van der Waals surface area contributed by atoms with Crippen molar-refractivity contribution in [2.45, 2.75) is 45.2 Å². The lowest BCUT2D eigenvalue weighted by Crippen LogP contribution is -2.23. The minimum Gasteiger partial charge on any atom is -0.497 e. The maximum atomic E-state index is 12.2. The number of hydrogen-bond acceptors (Lipinski definition) is 2. The van der Waals surface area contributed by atoms with Crippen molar-refractivity contribution < 1.29 is 22.7 Å². The molecule has 0 fully saturated rings. The molecule has 0 aliphatic heterocycles. The number of ether oxygens (including phenoxy) is 1. The van der Waals surface area contributed by atoms with E-state index in [1.165, 1.54) is 0 Å². The Hall–Kier alpha value is -1.72. The first kappa shape index (κ1) is 18.3. The van der Waals surface area contributed by atoms with Crippen molar-refractivity contribution in [3.05, 3.63) is 24.3 Å². The number of methoxy groups -OCH3 is 1. The van der Waals surface area contributed by atoms with Crippen molar-refractivity contribution in [3.8, 4) is 5.75 Å². The van der Waals surface area contributed by atoms with Crippen molar-refractivity contribution in [2.75, 3.05) is 12.4 Å². The predicted octanol–water partition coefficient (Wildman–Crippen LogP) is 4.78. The summed E-state index contributed by atoms with van der Waals surface area (Å²) in [5.74, 6) is 0.0527. The average Bonchev–Trinajstić information content (AvgIpc) is 2.46. The lowest BCUT2D eigenvalue weighted by molar-refractivity contribution is -0.137. The van der Waals surface area contributed by atoms with Crippen LogP contribution >= 0.6 is 0 Å². The van der Waals surface area contributed by atoms with Gasteiger partial charge >= 0.3 is 6.18 Å². The van der Waals surface area contributed by atoms with Crippen LogP contribution in [0.15, 0.2) is 24.3 Å². The van der Waals surface area contributed by atoms with E-state index in [0.29, 0.717) is 17.9 Å². The molecule has 6 heteroatoms. The standard InChI is InChI=1S/C16H22F3NO2/c1-3-5-12(6-4-11-16(17,18)19)15(21)20-13-7-9-14(22-2)10-8-13/h7-10,12H,3-6,11H2,1-2H3,(H,20,21). The molecule has 0 aromatic heterocycles. The van der Waals surface area contributed by atoms with E-state index in [1.54, 1.807) is 31.4 Å². The van der Waals surface area contributed by atoms with Gasteiger partial charge in [0.2, 0.25) is 5.91 Å². The van der Waals surface area contributed by atoms with Crippen LogP contribution in [0.2, 0.25) is 0 Å². The van der Waals surface area contributed by atoms with Gasteiger partial charge in [0.1, 0.15) is 5.75 Å². The van der Waals surface area contributed by atoms with Gasteiger partial charge in [-0.1, -0.05) is 13.3 Å². The third kappa shape index (κ3) is 6.83. The van der Waals surface area contributed by atoms with E-state index in [9.17, 15) is 18.0 Å². The maximum absolute atomic E-state index is 12.2. The third-order valence-corrected chi connectivity index (χ3v) is 3.38. The van der Waals surface area contributed by atoms with E-state index < -0.39 is 18.5 Å². The Morgan fingerprint density at radius 1 is 1.23 bits per heavy atom. The predicted molar refractivity (Wildman–Crippen MR) is 79.9 cm³/mol. The molecule has 0 aliphatic carbocycles. The van der Waals surface area contributed by atoms with E-state index in [2.05, 4.69) is 5.32 Å². The highest BCUT2D eigenvalue weighted by atomic mass is 19.4. The normalized spacial score (nSPS) is 12.8. The minimum atomic E-state index is -4.16. The number of benzene rings is 1. The molecule has 22 heavy (non-hydrogen) atoms. The molecule has 0 aliphatic rings. The summed E-state index contributed by atoms with van der Waals surface area (Å²) in [6.45, 7) is 1.91. The molecule has 0 radical (unpaired) electrons. The average molecular weight is 317 g/mol. The van der Waals surface area contributed by atoms with E-state index >= 15 is 0 Å². The van der Waals surface area contributed by atoms with Crippen LogP contribution in [-0.4, -0.2) is 19.2 Å². The fraction of sp³-hybridized carbons (Fsp3) is 0.562. The lowest BCUT2D eigenvalue weighted by atomic mass is 9.96. The Kier molecular flexibility index (Phi) is 7.21. The van der Waals surface area contributed by atoms with Gasteiger partial charge in [-0.05, 0) is 43.5 Å². The summed E-state index contributed by atoms with van der Waals surface area (Å²) in [6.07, 6.45) is -3.45. The van der Waals surface area contributed by atoms with Crippen LogP contribution in [-0.2, 0) is 4.79 Å². The van der Waals surface area contributed by atoms with E-state index in [1.807, 2.05) is 6.92 Å². The largest absolute Gasteiger partial charge is 0.497 e. The molecule has 0 bridgehead atoms. The molecular weight excluding hydrogens is 295 g/mol. The zero-order valence-electron chi connectivity index (χ0n) is 12.9. The number of carbonyl (C=O) groups is 1. The summed E-state index contributed by atoms with van der Waals surface area (Å²) in [5.41, 5.74) is 0.614. The molecule has 0 heterocycles. The fourth-order valence-electron chi connectivity index (χ4n) is 2.22. The second kappa shape index (κ2) is 8.66. The van der Waals surface area contributed by atoms with Crippen molar-refractivity contribution >= 4 is 11.6 Å². The van der Waals surface area contributed by atoms with Crippen LogP contribution in [0.3, 0.4) is 0 Å². The number of anilines is 1. The van der Waals surface area contributed by atoms with Crippen LogP contribution < -0.4 is 10.1 Å². The van der Waals surface area contributed by atoms with Crippen molar-refractivity contribution in [1.82, 2.24) is 0 Å². The van der Waals surface area contributed by atoms with Gasteiger partial charge < -0.3 is 10.1 Å². The number of amides is 1. The number of nitrogens with one attached hydrogen (secondary N) is 1. The summed E-state index contributed by atoms with van der Waals surface area (Å²) in [5, 5.41) is 2.75. The molecule has 1 unspecified atom stereocenters. The van der Waals surface area contributed by atoms with Crippen LogP contribution in [0.25, 0.3) is 0 Å². The van der Waals surface area contributed by atoms with E-state index in [0.717, 1.165) is 6.42 Å². The minimum absolute atomic E-state index is 0.0236. The third-order valence-electron chi connectivity index (χ3n) is 3.38. The van der Waals surface area contributed by atoms with Crippen molar-refractivity contribution in [3.63, 3.8) is 0 Å². The molecule has 124 valence electrons. The molecule has 1 rings (SSSR count). The highest BCUT2D eigenvalue weighted by Crippen LogP contribution is 2.26. The molecule has 0 saturated carbocycles. The number of halogens is 3. The molecule has 1 atom stereocenters. The molecule has 1 aromatic rings. The summed E-state index contributed by atoms with van der Waals surface area (Å²) < 4.78 is 41.6. The fourth-order valence-corrected chi connectivity index (χ4v) is 2.22. The van der Waals surface area contributed by atoms with Gasteiger partial charge in [0.05, 0.1) is 7.11 Å². The van der Waals surface area contributed by atoms with Gasteiger partial charge in [-0.3, -0.25) is 4.79 Å². The highest BCUT2D eigenvalue weighted by molar-refractivity contribution is 5.92. The highest BCUT2D eigenvalue weighted by Gasteiger charge is 2.27. The van der Waals surface area contributed by atoms with Crippen molar-refractivity contribution in [1.29, 1.82) is 0 Å². The SMILES string of the molecule is CCCC(CCCC(F)(F)F)C(=O)Nc1ccc(OC)cc1. The van der Waals surface area contributed by atoms with Gasteiger partial charge in [0.15, 0.2) is 0 Å². The summed E-state index contributed by atoms with van der Waals surface area (Å²) >= 11 is 0. The first-order valence-corrected chi connectivity index (χ1v) is 7.37. The second-order valence-electron chi connectivity index (χ2n) is 5.21. The molecule has 0 saturated heterocycles. The van der Waals surface area contributed by atoms with E-state index in [-0.39, 0.29) is 18.7 Å². The van der Waals surface area contributed by atoms with Gasteiger partial charge in [0.25, 0.3) is 0 Å². The zero-order chi connectivity index (χ0) is 16.6. The number of hydrogen-bond donors (Lipinski definition) is 1. The van der Waals surface area contributed by atoms with Crippen LogP contribution in [0.1, 0.15) is 39.0 Å². The van der Waals surface area contributed by atoms with Crippen LogP contribution in [0.4, 0.5) is 18.9 Å². The van der Waals surface area contributed by atoms with Gasteiger partial charge in [-0.25, -0.2) is 0 Å². The molecule has 1 N–H and O–H groups in total. The topological polar surface area (TPSA) is 38.3 Å². The first-order chi connectivity index (χ1) is 10.4. The molecule has 3 nitrogen and oxygen atoms in total. The summed E-state index contributed by atoms with van der Waals surface area (Å²) in [4.78, 5) is 12.2. The maximum Gasteiger partial charge on any atom is 0.389 e. The van der Waals surface area contributed by atoms with Gasteiger partial charge in [-0.15, -0.1) is 0 Å². The molecule has 1 amide bonds. The lowest BCUT2D eigenvalue weighted by Gasteiger charge is -2.16. The number of alkyl halides is 3. The van der Waals surface area contributed by atoms with Crippen LogP contribution in [0.5, 0.6) is 5.75 Å². The van der Waals surface area contributed by atoms with Gasteiger partial charge in [0, 0.05) is 18.0 Å².